The smallest absolute Gasteiger partial charge is 0.336 e. The minimum atomic E-state index is -1.14. The second kappa shape index (κ2) is 6.08. The summed E-state index contributed by atoms with van der Waals surface area (Å²) in [5, 5.41) is 9.62. The number of hydrogen-bond donors (Lipinski definition) is 1. The standard InChI is InChI=1S/C14H10ClFO2S/c15-11-6-2-1-4-9(11)8-19-13-10(14(17)18)5-3-7-12(13)16/h1-7H,8H2,(H,17,18). The topological polar surface area (TPSA) is 37.3 Å². The van der Waals surface area contributed by atoms with Crippen molar-refractivity contribution in [1.29, 1.82) is 0 Å². The van der Waals surface area contributed by atoms with E-state index in [-0.39, 0.29) is 10.5 Å². The summed E-state index contributed by atoms with van der Waals surface area (Å²) in [6.07, 6.45) is 0. The number of carboxylic acids is 1. The zero-order chi connectivity index (χ0) is 13.8. The molecule has 0 aliphatic heterocycles. The van der Waals surface area contributed by atoms with Gasteiger partial charge in [0.2, 0.25) is 0 Å². The number of hydrogen-bond acceptors (Lipinski definition) is 2. The average Bonchev–Trinajstić information content (AvgIpc) is 2.38. The first-order valence-corrected chi connectivity index (χ1v) is 6.84. The van der Waals surface area contributed by atoms with Crippen LogP contribution in [0.15, 0.2) is 47.4 Å². The molecular weight excluding hydrogens is 287 g/mol. The van der Waals surface area contributed by atoms with Gasteiger partial charge in [-0.15, -0.1) is 11.8 Å². The molecule has 0 aliphatic rings. The first-order valence-electron chi connectivity index (χ1n) is 5.47. The SMILES string of the molecule is O=C(O)c1cccc(F)c1SCc1ccccc1Cl. The Bertz CT molecular complexity index is 616. The van der Waals surface area contributed by atoms with Crippen molar-refractivity contribution in [2.24, 2.45) is 0 Å². The molecule has 0 aromatic heterocycles. The van der Waals surface area contributed by atoms with E-state index in [9.17, 15) is 9.18 Å². The Labute approximate surface area is 119 Å². The fraction of sp³-hybridized carbons (Fsp3) is 0.0714. The fourth-order valence-electron chi connectivity index (χ4n) is 1.59. The zero-order valence-corrected chi connectivity index (χ0v) is 11.3. The second-order valence-corrected chi connectivity index (χ2v) is 5.19. The van der Waals surface area contributed by atoms with Crippen LogP contribution in [0.2, 0.25) is 5.02 Å². The van der Waals surface area contributed by atoms with Crippen molar-refractivity contribution in [3.05, 3.63) is 64.4 Å². The summed E-state index contributed by atoms with van der Waals surface area (Å²) in [6, 6.07) is 11.2. The number of rotatable bonds is 4. The predicted molar refractivity (Wildman–Crippen MR) is 74.4 cm³/mol. The maximum atomic E-state index is 13.7. The van der Waals surface area contributed by atoms with Gasteiger partial charge in [-0.1, -0.05) is 35.9 Å². The Morgan fingerprint density at radius 2 is 1.95 bits per heavy atom. The third-order valence-corrected chi connectivity index (χ3v) is 4.05. The Morgan fingerprint density at radius 3 is 2.63 bits per heavy atom. The van der Waals surface area contributed by atoms with Crippen molar-refractivity contribution in [2.45, 2.75) is 10.6 Å². The number of carbonyl (C=O) groups is 1. The molecule has 0 aliphatic carbocycles. The Balaban J connectivity index is 2.25. The van der Waals surface area contributed by atoms with E-state index in [1.807, 2.05) is 18.2 Å². The molecule has 0 amide bonds. The van der Waals surface area contributed by atoms with E-state index in [4.69, 9.17) is 16.7 Å². The lowest BCUT2D eigenvalue weighted by atomic mass is 10.2. The van der Waals surface area contributed by atoms with Gasteiger partial charge in [0.25, 0.3) is 0 Å². The highest BCUT2D eigenvalue weighted by Gasteiger charge is 2.15. The number of aromatic carboxylic acids is 1. The lowest BCUT2D eigenvalue weighted by Gasteiger charge is -2.08. The third kappa shape index (κ3) is 3.28. The van der Waals surface area contributed by atoms with Crippen molar-refractivity contribution in [2.75, 3.05) is 0 Å². The van der Waals surface area contributed by atoms with Crippen LogP contribution >= 0.6 is 23.4 Å². The van der Waals surface area contributed by atoms with E-state index in [0.717, 1.165) is 17.3 Å². The van der Waals surface area contributed by atoms with E-state index >= 15 is 0 Å². The maximum Gasteiger partial charge on any atom is 0.336 e. The average molecular weight is 297 g/mol. The minimum absolute atomic E-state index is 0.0305. The highest BCUT2D eigenvalue weighted by molar-refractivity contribution is 7.98. The molecule has 19 heavy (non-hydrogen) atoms. The van der Waals surface area contributed by atoms with E-state index in [0.29, 0.717) is 10.8 Å². The molecule has 98 valence electrons. The van der Waals surface area contributed by atoms with Gasteiger partial charge in [-0.2, -0.15) is 0 Å². The summed E-state index contributed by atoms with van der Waals surface area (Å²) in [6.45, 7) is 0. The van der Waals surface area contributed by atoms with Crippen LogP contribution < -0.4 is 0 Å². The largest absolute Gasteiger partial charge is 0.478 e. The summed E-state index contributed by atoms with van der Waals surface area (Å²) in [5.74, 6) is -1.25. The zero-order valence-electron chi connectivity index (χ0n) is 9.77. The van der Waals surface area contributed by atoms with Gasteiger partial charge in [-0.3, -0.25) is 0 Å². The summed E-state index contributed by atoms with van der Waals surface area (Å²) >= 11 is 7.14. The van der Waals surface area contributed by atoms with Gasteiger partial charge >= 0.3 is 5.97 Å². The summed E-state index contributed by atoms with van der Waals surface area (Å²) in [7, 11) is 0. The lowest BCUT2D eigenvalue weighted by molar-refractivity contribution is 0.0692. The van der Waals surface area contributed by atoms with Crippen LogP contribution in [0.25, 0.3) is 0 Å². The van der Waals surface area contributed by atoms with Gasteiger partial charge in [0, 0.05) is 10.8 Å². The summed E-state index contributed by atoms with van der Waals surface area (Å²) in [4.78, 5) is 11.2. The normalized spacial score (nSPS) is 10.4. The number of halogens is 2. The van der Waals surface area contributed by atoms with Gasteiger partial charge in [-0.05, 0) is 23.8 Å². The highest BCUT2D eigenvalue weighted by atomic mass is 35.5. The highest BCUT2D eigenvalue weighted by Crippen LogP contribution is 2.31. The number of benzene rings is 2. The molecule has 0 radical (unpaired) electrons. The maximum absolute atomic E-state index is 13.7. The number of thioether (sulfide) groups is 1. The summed E-state index contributed by atoms with van der Waals surface area (Å²) in [5.41, 5.74) is 0.811. The molecule has 2 rings (SSSR count). The monoisotopic (exact) mass is 296 g/mol. The van der Waals surface area contributed by atoms with Crippen LogP contribution in [0.1, 0.15) is 15.9 Å². The molecule has 0 saturated heterocycles. The molecule has 0 fully saturated rings. The van der Waals surface area contributed by atoms with E-state index in [1.165, 1.54) is 18.2 Å². The van der Waals surface area contributed by atoms with Crippen molar-refractivity contribution >= 4 is 29.3 Å². The van der Waals surface area contributed by atoms with Crippen molar-refractivity contribution in [1.82, 2.24) is 0 Å². The molecule has 2 aromatic carbocycles. The number of carboxylic acid groups (broad SMARTS) is 1. The van der Waals surface area contributed by atoms with Gasteiger partial charge in [0.15, 0.2) is 0 Å². The van der Waals surface area contributed by atoms with Gasteiger partial charge in [0.05, 0.1) is 10.5 Å². The van der Waals surface area contributed by atoms with Gasteiger partial charge < -0.3 is 5.11 Å². The van der Waals surface area contributed by atoms with Crippen LogP contribution in [0.5, 0.6) is 0 Å². The van der Waals surface area contributed by atoms with Crippen LogP contribution in [0.3, 0.4) is 0 Å². The molecule has 0 saturated carbocycles. The van der Waals surface area contributed by atoms with E-state index in [1.54, 1.807) is 6.07 Å². The van der Waals surface area contributed by atoms with E-state index < -0.39 is 11.8 Å². The van der Waals surface area contributed by atoms with Crippen LogP contribution in [0.4, 0.5) is 4.39 Å². The molecule has 5 heteroatoms. The molecule has 0 heterocycles. The van der Waals surface area contributed by atoms with Gasteiger partial charge in [0.1, 0.15) is 5.82 Å². The molecular formula is C14H10ClFO2S. The lowest BCUT2D eigenvalue weighted by Crippen LogP contribution is -2.00. The van der Waals surface area contributed by atoms with Crippen molar-refractivity contribution in [3.63, 3.8) is 0 Å². The van der Waals surface area contributed by atoms with Crippen LogP contribution in [-0.4, -0.2) is 11.1 Å². The molecule has 0 bridgehead atoms. The second-order valence-electron chi connectivity index (χ2n) is 3.80. The first kappa shape index (κ1) is 13.9. The molecule has 0 atom stereocenters. The van der Waals surface area contributed by atoms with Crippen molar-refractivity contribution in [3.8, 4) is 0 Å². The Kier molecular flexibility index (Phi) is 4.45. The Hall–Kier alpha value is -1.52. The molecule has 2 aromatic rings. The van der Waals surface area contributed by atoms with Crippen LogP contribution in [0, 0.1) is 5.82 Å². The minimum Gasteiger partial charge on any atom is -0.478 e. The van der Waals surface area contributed by atoms with Crippen molar-refractivity contribution < 1.29 is 14.3 Å². The first-order chi connectivity index (χ1) is 9.09. The third-order valence-electron chi connectivity index (χ3n) is 2.53. The molecule has 1 N–H and O–H groups in total. The molecule has 0 spiro atoms. The fourth-order valence-corrected chi connectivity index (χ4v) is 2.94. The quantitative estimate of drug-likeness (QED) is 0.846. The molecule has 0 unspecified atom stereocenters. The van der Waals surface area contributed by atoms with E-state index in [2.05, 4.69) is 0 Å². The van der Waals surface area contributed by atoms with Gasteiger partial charge in [-0.25, -0.2) is 9.18 Å². The molecule has 2 nitrogen and oxygen atoms in total. The van der Waals surface area contributed by atoms with Crippen LogP contribution in [-0.2, 0) is 5.75 Å². The Morgan fingerprint density at radius 1 is 1.21 bits per heavy atom. The summed E-state index contributed by atoms with van der Waals surface area (Å²) < 4.78 is 13.7. The predicted octanol–water partition coefficient (Wildman–Crippen LogP) is 4.47.